The van der Waals surface area contributed by atoms with E-state index in [2.05, 4.69) is 20.6 Å². The van der Waals surface area contributed by atoms with E-state index in [0.29, 0.717) is 53.5 Å². The number of nitrogens with one attached hydrogen (secondary N) is 2. The van der Waals surface area contributed by atoms with Gasteiger partial charge in [-0.25, -0.2) is 14.4 Å². The number of hydrogen-bond acceptors (Lipinski definition) is 10. The Hall–Kier alpha value is -3.84. The number of aromatic nitrogens is 2. The Morgan fingerprint density at radius 2 is 2.07 bits per heavy atom. The van der Waals surface area contributed by atoms with Crippen LogP contribution in [0, 0.1) is 5.82 Å². The van der Waals surface area contributed by atoms with Crippen molar-refractivity contribution in [1.29, 1.82) is 0 Å². The van der Waals surface area contributed by atoms with Gasteiger partial charge in [-0.15, -0.1) is 0 Å². The van der Waals surface area contributed by atoms with Gasteiger partial charge in [0.1, 0.15) is 35.4 Å². The van der Waals surface area contributed by atoms with Gasteiger partial charge in [0.2, 0.25) is 5.91 Å². The first-order chi connectivity index (χ1) is 20.9. The van der Waals surface area contributed by atoms with Gasteiger partial charge in [-0.2, -0.15) is 0 Å². The minimum Gasteiger partial charge on any atom is -0.486 e. The molecule has 13 heteroatoms. The summed E-state index contributed by atoms with van der Waals surface area (Å²) in [5.74, 6) is -0.596. The van der Waals surface area contributed by atoms with E-state index in [0.717, 1.165) is 0 Å². The second-order valence-corrected chi connectivity index (χ2v) is 11.9. The van der Waals surface area contributed by atoms with Gasteiger partial charge in [-0.05, 0) is 52.0 Å². The number of amides is 1. The van der Waals surface area contributed by atoms with Crippen LogP contribution in [-0.4, -0.2) is 82.5 Å². The molecule has 4 rings (SSSR count). The van der Waals surface area contributed by atoms with Crippen molar-refractivity contribution < 1.29 is 33.3 Å². The van der Waals surface area contributed by atoms with Gasteiger partial charge in [-0.3, -0.25) is 14.5 Å². The van der Waals surface area contributed by atoms with Crippen molar-refractivity contribution in [2.45, 2.75) is 51.9 Å². The van der Waals surface area contributed by atoms with Crippen molar-refractivity contribution in [3.05, 3.63) is 59.7 Å². The molecule has 0 unspecified atom stereocenters. The van der Waals surface area contributed by atoms with Crippen LogP contribution in [-0.2, 0) is 19.1 Å². The van der Waals surface area contributed by atoms with Gasteiger partial charge in [0.15, 0.2) is 0 Å². The van der Waals surface area contributed by atoms with E-state index < -0.39 is 29.4 Å². The number of benzene rings is 2. The molecule has 236 valence electrons. The van der Waals surface area contributed by atoms with E-state index in [-0.39, 0.29) is 30.8 Å². The van der Waals surface area contributed by atoms with Crippen LogP contribution in [0.1, 0.15) is 34.1 Å². The van der Waals surface area contributed by atoms with Crippen LogP contribution in [0.5, 0.6) is 5.75 Å². The minimum atomic E-state index is -0.688. The van der Waals surface area contributed by atoms with Crippen molar-refractivity contribution in [2.24, 2.45) is 0 Å². The Kier molecular flexibility index (Phi) is 11.1. The van der Waals surface area contributed by atoms with Crippen LogP contribution in [0.4, 0.5) is 21.6 Å². The Balaban J connectivity index is 1.55. The highest BCUT2D eigenvalue weighted by Crippen LogP contribution is 2.35. The molecular formula is C31H37ClFN5O6. The lowest BCUT2D eigenvalue weighted by Gasteiger charge is -2.25. The third-order valence-corrected chi connectivity index (χ3v) is 6.58. The van der Waals surface area contributed by atoms with E-state index in [1.54, 1.807) is 50.8 Å². The fourth-order valence-electron chi connectivity index (χ4n) is 4.49. The minimum absolute atomic E-state index is 0.0410. The van der Waals surface area contributed by atoms with E-state index in [1.165, 1.54) is 30.6 Å². The molecule has 11 nitrogen and oxygen atoms in total. The van der Waals surface area contributed by atoms with Crippen LogP contribution >= 0.6 is 11.6 Å². The van der Waals surface area contributed by atoms with Crippen molar-refractivity contribution >= 4 is 51.6 Å². The SMILES string of the molecule is C[C@H](O)CN(C/C=C/C(=O)Nc1cc2c(Nc3ccc(F)c(Cl)c3)ncnc2cc1O[C@@H]1CCOC1)CC(=O)OC(C)(C)C. The number of nitrogens with zero attached hydrogens (tertiary/aromatic N) is 3. The number of fused-ring (bicyclic) bond motifs is 1. The fraction of sp³-hybridized carbons (Fsp3) is 0.419. The smallest absolute Gasteiger partial charge is 0.320 e. The summed E-state index contributed by atoms with van der Waals surface area (Å²) in [6.45, 7) is 8.34. The number of aliphatic hydroxyl groups is 1. The molecule has 3 aromatic rings. The Morgan fingerprint density at radius 3 is 2.75 bits per heavy atom. The largest absolute Gasteiger partial charge is 0.486 e. The van der Waals surface area contributed by atoms with E-state index in [4.69, 9.17) is 25.8 Å². The zero-order chi connectivity index (χ0) is 31.9. The van der Waals surface area contributed by atoms with Crippen LogP contribution in [0.15, 0.2) is 48.8 Å². The fourth-order valence-corrected chi connectivity index (χ4v) is 4.67. The molecule has 2 atom stereocenters. The molecule has 2 heterocycles. The van der Waals surface area contributed by atoms with Crippen molar-refractivity contribution in [1.82, 2.24) is 14.9 Å². The number of anilines is 3. The lowest BCUT2D eigenvalue weighted by molar-refractivity contribution is -0.156. The average molecular weight is 630 g/mol. The number of hydrogen-bond donors (Lipinski definition) is 3. The molecule has 1 aromatic heterocycles. The molecular weight excluding hydrogens is 593 g/mol. The van der Waals surface area contributed by atoms with Gasteiger partial charge in [-0.1, -0.05) is 17.7 Å². The van der Waals surface area contributed by atoms with Crippen LogP contribution in [0.25, 0.3) is 10.9 Å². The predicted octanol–water partition coefficient (Wildman–Crippen LogP) is 4.85. The highest BCUT2D eigenvalue weighted by atomic mass is 35.5. The van der Waals surface area contributed by atoms with Crippen LogP contribution < -0.4 is 15.4 Å². The molecule has 0 saturated carbocycles. The number of rotatable bonds is 12. The standard InChI is InChI=1S/C31H37ClFN5O6/c1-19(39)15-38(16-29(41)44-31(2,3)4)10-5-6-28(40)37-26-13-22-25(14-27(26)43-21-9-11-42-17-21)34-18-35-30(22)36-20-7-8-24(33)23(32)12-20/h5-8,12-14,18-19,21,39H,9-11,15-17H2,1-4H3,(H,37,40)(H,34,35,36)/b6-5+/t19-,21+/m0/s1. The number of carbonyl (C=O) groups is 2. The zero-order valence-corrected chi connectivity index (χ0v) is 25.9. The molecule has 0 aliphatic carbocycles. The monoisotopic (exact) mass is 629 g/mol. The summed E-state index contributed by atoms with van der Waals surface area (Å²) in [6, 6.07) is 7.63. The predicted molar refractivity (Wildman–Crippen MR) is 166 cm³/mol. The summed E-state index contributed by atoms with van der Waals surface area (Å²) in [7, 11) is 0. The maximum absolute atomic E-state index is 13.7. The maximum atomic E-state index is 13.7. The molecule has 3 N–H and O–H groups in total. The molecule has 1 aliphatic heterocycles. The molecule has 1 amide bonds. The number of carbonyl (C=O) groups excluding carboxylic acids is 2. The third kappa shape index (κ3) is 9.84. The Labute approximate surface area is 260 Å². The number of halogens is 2. The quantitative estimate of drug-likeness (QED) is 0.188. The second-order valence-electron chi connectivity index (χ2n) is 11.5. The van der Waals surface area contributed by atoms with Crippen molar-refractivity contribution in [3.63, 3.8) is 0 Å². The molecule has 0 radical (unpaired) electrons. The molecule has 0 bridgehead atoms. The summed E-state index contributed by atoms with van der Waals surface area (Å²) < 4.78 is 30.7. The topological polar surface area (TPSA) is 135 Å². The van der Waals surface area contributed by atoms with E-state index in [1.807, 2.05) is 0 Å². The highest BCUT2D eigenvalue weighted by molar-refractivity contribution is 6.31. The van der Waals surface area contributed by atoms with Gasteiger partial charge < -0.3 is 30.0 Å². The van der Waals surface area contributed by atoms with Gasteiger partial charge in [0, 0.05) is 42.7 Å². The van der Waals surface area contributed by atoms with Crippen LogP contribution in [0.2, 0.25) is 5.02 Å². The first-order valence-electron chi connectivity index (χ1n) is 14.2. The van der Waals surface area contributed by atoms with Crippen molar-refractivity contribution in [3.8, 4) is 5.75 Å². The molecule has 1 aliphatic rings. The highest BCUT2D eigenvalue weighted by Gasteiger charge is 2.22. The first-order valence-corrected chi connectivity index (χ1v) is 14.6. The lowest BCUT2D eigenvalue weighted by Crippen LogP contribution is -2.38. The first kappa shape index (κ1) is 33.1. The number of esters is 1. The second kappa shape index (κ2) is 14.8. The Bertz CT molecular complexity index is 1510. The van der Waals surface area contributed by atoms with Crippen molar-refractivity contribution in [2.75, 3.05) is 43.5 Å². The average Bonchev–Trinajstić information content (AvgIpc) is 3.43. The van der Waals surface area contributed by atoms with Gasteiger partial charge in [0.05, 0.1) is 42.1 Å². The lowest BCUT2D eigenvalue weighted by atomic mass is 10.1. The molecule has 2 aromatic carbocycles. The molecule has 0 spiro atoms. The van der Waals surface area contributed by atoms with E-state index in [9.17, 15) is 19.1 Å². The Morgan fingerprint density at radius 1 is 1.27 bits per heavy atom. The molecule has 1 fully saturated rings. The van der Waals surface area contributed by atoms with E-state index >= 15 is 0 Å². The van der Waals surface area contributed by atoms with Gasteiger partial charge >= 0.3 is 5.97 Å². The molecule has 44 heavy (non-hydrogen) atoms. The summed E-state index contributed by atoms with van der Waals surface area (Å²) in [5.41, 5.74) is 0.805. The number of aliphatic hydroxyl groups excluding tert-OH is 1. The number of ether oxygens (including phenoxy) is 3. The van der Waals surface area contributed by atoms with Gasteiger partial charge in [0.25, 0.3) is 0 Å². The zero-order valence-electron chi connectivity index (χ0n) is 25.1. The summed E-state index contributed by atoms with van der Waals surface area (Å²) in [4.78, 5) is 35.8. The normalized spacial score (nSPS) is 16.0. The van der Waals surface area contributed by atoms with Crippen LogP contribution in [0.3, 0.4) is 0 Å². The summed E-state index contributed by atoms with van der Waals surface area (Å²) >= 11 is 5.95. The maximum Gasteiger partial charge on any atom is 0.320 e. The molecule has 1 saturated heterocycles. The summed E-state index contributed by atoms with van der Waals surface area (Å²) in [6.07, 6.45) is 4.15. The summed E-state index contributed by atoms with van der Waals surface area (Å²) in [5, 5.41) is 16.4. The third-order valence-electron chi connectivity index (χ3n) is 6.29.